The molecular formula is C7H14N4OS. The van der Waals surface area contributed by atoms with Crippen LogP contribution in [0.3, 0.4) is 0 Å². The van der Waals surface area contributed by atoms with E-state index in [2.05, 4.69) is 15.4 Å². The summed E-state index contributed by atoms with van der Waals surface area (Å²) in [6.07, 6.45) is 1.52. The number of hydrogen-bond donors (Lipinski definition) is 2. The molecule has 1 heterocycles. The molecule has 5 nitrogen and oxygen atoms in total. The lowest BCUT2D eigenvalue weighted by atomic mass is 10.4. The van der Waals surface area contributed by atoms with Crippen molar-refractivity contribution in [2.75, 3.05) is 19.4 Å². The van der Waals surface area contributed by atoms with Crippen molar-refractivity contribution in [3.8, 4) is 0 Å². The largest absolute Gasteiger partial charge is 0.395 e. The summed E-state index contributed by atoms with van der Waals surface area (Å²) in [5, 5.41) is 16.7. The minimum Gasteiger partial charge on any atom is -0.395 e. The van der Waals surface area contributed by atoms with Gasteiger partial charge in [-0.15, -0.1) is 0 Å². The number of thioether (sulfide) groups is 1. The topological polar surface area (TPSA) is 63.0 Å². The van der Waals surface area contributed by atoms with Crippen LogP contribution in [0.5, 0.6) is 0 Å². The van der Waals surface area contributed by atoms with E-state index < -0.39 is 0 Å². The first-order valence-electron chi connectivity index (χ1n) is 4.03. The zero-order valence-electron chi connectivity index (χ0n) is 7.77. The quantitative estimate of drug-likeness (QED) is 0.630. The summed E-state index contributed by atoms with van der Waals surface area (Å²) >= 11 is 1.58. The number of aliphatic hydroxyl groups excluding tert-OH is 1. The number of nitrogens with one attached hydrogen (secondary N) is 1. The number of aryl methyl sites for hydroxylation is 1. The van der Waals surface area contributed by atoms with Crippen LogP contribution in [0.15, 0.2) is 11.5 Å². The lowest BCUT2D eigenvalue weighted by Crippen LogP contribution is -2.31. The van der Waals surface area contributed by atoms with Gasteiger partial charge >= 0.3 is 0 Å². The molecule has 0 aliphatic heterocycles. The van der Waals surface area contributed by atoms with E-state index >= 15 is 0 Å². The van der Waals surface area contributed by atoms with E-state index in [9.17, 15) is 0 Å². The smallest absolute Gasteiger partial charge is 0.185 e. The number of nitrogens with zero attached hydrogens (tertiary/aromatic N) is 3. The van der Waals surface area contributed by atoms with Crippen LogP contribution >= 0.6 is 11.8 Å². The highest BCUT2D eigenvalue weighted by Gasteiger charge is 2.07. The van der Waals surface area contributed by atoms with E-state index in [1.54, 1.807) is 16.4 Å². The number of aliphatic hydroxyl groups is 1. The monoisotopic (exact) mass is 202 g/mol. The molecular weight excluding hydrogens is 188 g/mol. The summed E-state index contributed by atoms with van der Waals surface area (Å²) in [7, 11) is 3.68. The van der Waals surface area contributed by atoms with Crippen molar-refractivity contribution < 1.29 is 5.11 Å². The van der Waals surface area contributed by atoms with Crippen molar-refractivity contribution in [2.24, 2.45) is 7.05 Å². The van der Waals surface area contributed by atoms with E-state index in [4.69, 9.17) is 5.11 Å². The molecule has 1 unspecified atom stereocenters. The second kappa shape index (κ2) is 5.21. The molecule has 1 rings (SSSR count). The Morgan fingerprint density at radius 1 is 1.77 bits per heavy atom. The van der Waals surface area contributed by atoms with Gasteiger partial charge in [-0.05, 0) is 7.05 Å². The minimum atomic E-state index is 0.113. The summed E-state index contributed by atoms with van der Waals surface area (Å²) in [5.74, 6) is 0.791. The van der Waals surface area contributed by atoms with Crippen LogP contribution in [0.2, 0.25) is 0 Å². The molecule has 0 aliphatic rings. The van der Waals surface area contributed by atoms with Crippen LogP contribution in [-0.2, 0) is 7.05 Å². The zero-order valence-corrected chi connectivity index (χ0v) is 8.58. The maximum atomic E-state index is 8.91. The number of hydrogen-bond acceptors (Lipinski definition) is 5. The van der Waals surface area contributed by atoms with E-state index in [1.165, 1.54) is 6.33 Å². The van der Waals surface area contributed by atoms with Gasteiger partial charge in [-0.1, -0.05) is 11.8 Å². The van der Waals surface area contributed by atoms with Crippen LogP contribution < -0.4 is 5.32 Å². The van der Waals surface area contributed by atoms with Gasteiger partial charge in [0.15, 0.2) is 5.16 Å². The van der Waals surface area contributed by atoms with Crippen LogP contribution in [0, 0.1) is 0 Å². The Bertz CT molecular complexity index is 248. The lowest BCUT2D eigenvalue weighted by molar-refractivity contribution is 0.260. The molecule has 2 N–H and O–H groups in total. The molecule has 1 aromatic heterocycles. The third-order valence-corrected chi connectivity index (χ3v) is 2.91. The Balaban J connectivity index is 2.38. The standard InChI is InChI=1S/C7H14N4OS/c1-8-6(3-12)4-13-7-9-5-10-11(7)2/h5-6,8,12H,3-4H2,1-2H3. The van der Waals surface area contributed by atoms with Gasteiger partial charge in [-0.3, -0.25) is 0 Å². The van der Waals surface area contributed by atoms with Gasteiger partial charge in [0.25, 0.3) is 0 Å². The zero-order chi connectivity index (χ0) is 9.68. The number of likely N-dealkylation sites (N-methyl/N-ethyl adjacent to an activating group) is 1. The Morgan fingerprint density at radius 3 is 3.00 bits per heavy atom. The van der Waals surface area contributed by atoms with Gasteiger partial charge in [-0.25, -0.2) is 9.67 Å². The highest BCUT2D eigenvalue weighted by Crippen LogP contribution is 2.13. The first-order chi connectivity index (χ1) is 6.27. The average molecular weight is 202 g/mol. The van der Waals surface area contributed by atoms with Gasteiger partial charge < -0.3 is 10.4 Å². The van der Waals surface area contributed by atoms with Gasteiger partial charge in [0.1, 0.15) is 6.33 Å². The Hall–Kier alpha value is -0.590. The van der Waals surface area contributed by atoms with Crippen LogP contribution in [0.1, 0.15) is 0 Å². The second-order valence-corrected chi connectivity index (χ2v) is 3.63. The predicted octanol–water partition coefficient (Wildman–Crippen LogP) is -0.513. The molecule has 6 heteroatoms. The third-order valence-electron chi connectivity index (χ3n) is 1.71. The maximum absolute atomic E-state index is 8.91. The molecule has 0 aromatic carbocycles. The van der Waals surface area contributed by atoms with Gasteiger partial charge in [0.2, 0.25) is 0 Å². The molecule has 0 spiro atoms. The third kappa shape index (κ3) is 2.98. The van der Waals surface area contributed by atoms with Crippen molar-refractivity contribution in [2.45, 2.75) is 11.2 Å². The van der Waals surface area contributed by atoms with Crippen molar-refractivity contribution in [3.05, 3.63) is 6.33 Å². The SMILES string of the molecule is CNC(CO)CSc1ncnn1C. The van der Waals surface area contributed by atoms with Gasteiger partial charge in [-0.2, -0.15) is 5.10 Å². The maximum Gasteiger partial charge on any atom is 0.185 e. The molecule has 0 amide bonds. The summed E-state index contributed by atoms with van der Waals surface area (Å²) in [4.78, 5) is 4.06. The fraction of sp³-hybridized carbons (Fsp3) is 0.714. The van der Waals surface area contributed by atoms with Crippen molar-refractivity contribution >= 4 is 11.8 Å². The molecule has 74 valence electrons. The molecule has 0 fully saturated rings. The molecule has 1 aromatic rings. The van der Waals surface area contributed by atoms with Crippen molar-refractivity contribution in [1.29, 1.82) is 0 Å². The van der Waals surface area contributed by atoms with Gasteiger partial charge in [0, 0.05) is 18.8 Å². The first-order valence-corrected chi connectivity index (χ1v) is 5.01. The predicted molar refractivity (Wildman–Crippen MR) is 51.7 cm³/mol. The average Bonchev–Trinajstić information content (AvgIpc) is 2.54. The summed E-state index contributed by atoms with van der Waals surface area (Å²) in [5.41, 5.74) is 0. The van der Waals surface area contributed by atoms with Crippen molar-refractivity contribution in [3.63, 3.8) is 0 Å². The second-order valence-electron chi connectivity index (χ2n) is 2.65. The van der Waals surface area contributed by atoms with Crippen LogP contribution in [0.25, 0.3) is 0 Å². The fourth-order valence-electron chi connectivity index (χ4n) is 0.819. The molecule has 0 aliphatic carbocycles. The molecule has 0 radical (unpaired) electrons. The van der Waals surface area contributed by atoms with Crippen LogP contribution in [0.4, 0.5) is 0 Å². The first kappa shape index (κ1) is 10.5. The molecule has 0 saturated carbocycles. The van der Waals surface area contributed by atoms with Gasteiger partial charge in [0.05, 0.1) is 6.61 Å². The molecule has 1 atom stereocenters. The molecule has 0 saturated heterocycles. The van der Waals surface area contributed by atoms with E-state index in [1.807, 2.05) is 14.1 Å². The molecule has 0 bridgehead atoms. The highest BCUT2D eigenvalue weighted by molar-refractivity contribution is 7.99. The Labute approximate surface area is 81.6 Å². The Morgan fingerprint density at radius 2 is 2.54 bits per heavy atom. The normalized spacial score (nSPS) is 13.2. The van der Waals surface area contributed by atoms with Crippen molar-refractivity contribution in [1.82, 2.24) is 20.1 Å². The minimum absolute atomic E-state index is 0.113. The number of rotatable bonds is 5. The van der Waals surface area contributed by atoms with E-state index in [0.29, 0.717) is 0 Å². The molecule has 13 heavy (non-hydrogen) atoms. The highest BCUT2D eigenvalue weighted by atomic mass is 32.2. The summed E-state index contributed by atoms with van der Waals surface area (Å²) < 4.78 is 1.72. The number of aromatic nitrogens is 3. The summed E-state index contributed by atoms with van der Waals surface area (Å²) in [6.45, 7) is 0.140. The lowest BCUT2D eigenvalue weighted by Gasteiger charge is -2.11. The fourth-order valence-corrected chi connectivity index (χ4v) is 1.80. The van der Waals surface area contributed by atoms with E-state index in [-0.39, 0.29) is 12.6 Å². The Kier molecular flexibility index (Phi) is 4.20. The van der Waals surface area contributed by atoms with E-state index in [0.717, 1.165) is 10.9 Å². The summed E-state index contributed by atoms with van der Waals surface area (Å²) in [6, 6.07) is 0.113. The van der Waals surface area contributed by atoms with Crippen LogP contribution in [-0.4, -0.2) is 45.3 Å².